The highest BCUT2D eigenvalue weighted by Crippen LogP contribution is 2.20. The van der Waals surface area contributed by atoms with Crippen LogP contribution in [-0.4, -0.2) is 25.6 Å². The summed E-state index contributed by atoms with van der Waals surface area (Å²) in [6.45, 7) is -0.304. The second-order valence-corrected chi connectivity index (χ2v) is 4.87. The maximum atomic E-state index is 12.1. The van der Waals surface area contributed by atoms with Crippen molar-refractivity contribution in [3.63, 3.8) is 0 Å². The van der Waals surface area contributed by atoms with Crippen molar-refractivity contribution in [2.75, 3.05) is 5.32 Å². The fourth-order valence-electron chi connectivity index (χ4n) is 1.88. The Kier molecular flexibility index (Phi) is 4.15. The molecule has 0 saturated carbocycles. The Hall–Kier alpha value is -3.00. The van der Waals surface area contributed by atoms with Crippen LogP contribution >= 0.6 is 11.6 Å². The van der Waals surface area contributed by atoms with E-state index < -0.39 is 11.7 Å². The Labute approximate surface area is 134 Å². The molecule has 1 amide bonds. The number of nitrogens with zero attached hydrogens (tertiary/aromatic N) is 4. The molecule has 0 bridgehead atoms. The van der Waals surface area contributed by atoms with Crippen LogP contribution in [0.2, 0.25) is 5.02 Å². The molecule has 9 heteroatoms. The molecule has 0 aliphatic carbocycles. The molecule has 0 atom stereocenters. The third kappa shape index (κ3) is 3.27. The molecule has 2 aromatic heterocycles. The number of carbonyl (C=O) groups is 1. The van der Waals surface area contributed by atoms with Gasteiger partial charge in [0.05, 0.1) is 10.7 Å². The van der Waals surface area contributed by atoms with E-state index in [0.717, 1.165) is 4.57 Å². The predicted octanol–water partition coefficient (Wildman–Crippen LogP) is 1.59. The fourth-order valence-corrected chi connectivity index (χ4v) is 2.06. The Morgan fingerprint density at radius 1 is 1.22 bits per heavy atom. The number of rotatable bonds is 4. The molecule has 3 aromatic rings. The summed E-state index contributed by atoms with van der Waals surface area (Å²) >= 11 is 5.97. The topological polar surface area (TPSA) is 103 Å². The van der Waals surface area contributed by atoms with Crippen LogP contribution in [0.1, 0.15) is 0 Å². The number of hydrogen-bond donors (Lipinski definition) is 1. The third-order valence-corrected chi connectivity index (χ3v) is 3.23. The van der Waals surface area contributed by atoms with Gasteiger partial charge in [0.2, 0.25) is 11.7 Å². The molecular weight excluding hydrogens is 322 g/mol. The zero-order chi connectivity index (χ0) is 16.2. The highest BCUT2D eigenvalue weighted by Gasteiger charge is 2.18. The van der Waals surface area contributed by atoms with Gasteiger partial charge in [0.25, 0.3) is 0 Å². The number of halogens is 1. The van der Waals surface area contributed by atoms with Crippen molar-refractivity contribution in [3.05, 3.63) is 58.3 Å². The van der Waals surface area contributed by atoms with E-state index in [4.69, 9.17) is 11.6 Å². The first-order valence-corrected chi connectivity index (χ1v) is 6.91. The minimum absolute atomic E-state index is 0.0740. The van der Waals surface area contributed by atoms with Crippen molar-refractivity contribution < 1.29 is 9.32 Å². The van der Waals surface area contributed by atoms with Gasteiger partial charge in [-0.05, 0) is 18.2 Å². The van der Waals surface area contributed by atoms with E-state index in [0.29, 0.717) is 10.7 Å². The standard InChI is InChI=1S/C14H10ClN5O3/c15-9-4-1-2-5-10(9)18-11(21)8-20-13(19-23-14(20)22)12-16-6-3-7-17-12/h1-7H,8H2,(H,18,21). The van der Waals surface area contributed by atoms with Crippen molar-refractivity contribution >= 4 is 23.2 Å². The van der Waals surface area contributed by atoms with Gasteiger partial charge in [-0.15, -0.1) is 0 Å². The van der Waals surface area contributed by atoms with E-state index in [1.54, 1.807) is 30.3 Å². The molecule has 1 N–H and O–H groups in total. The van der Waals surface area contributed by atoms with Crippen molar-refractivity contribution in [1.82, 2.24) is 19.7 Å². The van der Waals surface area contributed by atoms with E-state index in [2.05, 4.69) is 25.0 Å². The SMILES string of the molecule is O=C(Cn1c(-c2ncccn2)noc1=O)Nc1ccccc1Cl. The van der Waals surface area contributed by atoms with Crippen LogP contribution in [-0.2, 0) is 11.3 Å². The van der Waals surface area contributed by atoms with Crippen LogP contribution in [0, 0.1) is 0 Å². The highest BCUT2D eigenvalue weighted by molar-refractivity contribution is 6.33. The first-order valence-electron chi connectivity index (χ1n) is 6.53. The van der Waals surface area contributed by atoms with Gasteiger partial charge < -0.3 is 5.32 Å². The summed E-state index contributed by atoms with van der Waals surface area (Å²) in [5.41, 5.74) is 0.446. The van der Waals surface area contributed by atoms with Gasteiger partial charge in [0.15, 0.2) is 5.82 Å². The monoisotopic (exact) mass is 331 g/mol. The van der Waals surface area contributed by atoms with Crippen molar-refractivity contribution in [3.8, 4) is 11.6 Å². The smallest absolute Gasteiger partial charge is 0.323 e. The summed E-state index contributed by atoms with van der Waals surface area (Å²) < 4.78 is 5.64. The lowest BCUT2D eigenvalue weighted by Gasteiger charge is -2.07. The summed E-state index contributed by atoms with van der Waals surface area (Å²) in [5, 5.41) is 6.62. The molecule has 2 heterocycles. The summed E-state index contributed by atoms with van der Waals surface area (Å²) in [6.07, 6.45) is 2.99. The van der Waals surface area contributed by atoms with Gasteiger partial charge in [-0.1, -0.05) is 28.9 Å². The molecule has 8 nitrogen and oxygen atoms in total. The Morgan fingerprint density at radius 2 is 1.96 bits per heavy atom. The summed E-state index contributed by atoms with van der Waals surface area (Å²) in [5.74, 6) is -0.976. The van der Waals surface area contributed by atoms with E-state index in [1.165, 1.54) is 12.4 Å². The summed E-state index contributed by atoms with van der Waals surface area (Å²) in [7, 11) is 0. The zero-order valence-corrected chi connectivity index (χ0v) is 12.4. The first-order chi connectivity index (χ1) is 11.1. The number of carbonyl (C=O) groups excluding carboxylic acids is 1. The maximum absolute atomic E-state index is 12.1. The van der Waals surface area contributed by atoms with Gasteiger partial charge in [0.1, 0.15) is 6.54 Å². The average Bonchev–Trinajstić information content (AvgIpc) is 2.91. The van der Waals surface area contributed by atoms with Crippen LogP contribution in [0.3, 0.4) is 0 Å². The number of hydrogen-bond acceptors (Lipinski definition) is 6. The summed E-state index contributed by atoms with van der Waals surface area (Å²) in [4.78, 5) is 31.8. The number of amides is 1. The zero-order valence-electron chi connectivity index (χ0n) is 11.6. The van der Waals surface area contributed by atoms with Crippen LogP contribution in [0.15, 0.2) is 52.0 Å². The van der Waals surface area contributed by atoms with Crippen LogP contribution in [0.5, 0.6) is 0 Å². The van der Waals surface area contributed by atoms with Crippen molar-refractivity contribution in [1.29, 1.82) is 0 Å². The lowest BCUT2D eigenvalue weighted by molar-refractivity contribution is -0.116. The van der Waals surface area contributed by atoms with Gasteiger partial charge in [-0.25, -0.2) is 19.3 Å². The second kappa shape index (κ2) is 6.41. The fraction of sp³-hybridized carbons (Fsp3) is 0.0714. The number of para-hydroxylation sites is 1. The van der Waals surface area contributed by atoms with Gasteiger partial charge >= 0.3 is 5.76 Å². The van der Waals surface area contributed by atoms with Crippen LogP contribution in [0.4, 0.5) is 5.69 Å². The van der Waals surface area contributed by atoms with E-state index in [9.17, 15) is 9.59 Å². The molecule has 0 unspecified atom stereocenters. The van der Waals surface area contributed by atoms with Crippen molar-refractivity contribution in [2.24, 2.45) is 0 Å². The van der Waals surface area contributed by atoms with Gasteiger partial charge in [-0.3, -0.25) is 9.32 Å². The molecule has 0 aliphatic rings. The largest absolute Gasteiger partial charge is 0.442 e. The number of anilines is 1. The normalized spacial score (nSPS) is 10.5. The predicted molar refractivity (Wildman–Crippen MR) is 81.9 cm³/mol. The molecular formula is C14H10ClN5O3. The van der Waals surface area contributed by atoms with Crippen molar-refractivity contribution in [2.45, 2.75) is 6.54 Å². The minimum Gasteiger partial charge on any atom is -0.323 e. The molecule has 3 rings (SSSR count). The minimum atomic E-state index is -0.776. The van der Waals surface area contributed by atoms with Crippen LogP contribution in [0.25, 0.3) is 11.6 Å². The van der Waals surface area contributed by atoms with Crippen LogP contribution < -0.4 is 11.1 Å². The maximum Gasteiger partial charge on any atom is 0.442 e. The van der Waals surface area contributed by atoms with E-state index in [-0.39, 0.29) is 18.2 Å². The van der Waals surface area contributed by atoms with Gasteiger partial charge in [0, 0.05) is 12.4 Å². The summed E-state index contributed by atoms with van der Waals surface area (Å²) in [6, 6.07) is 8.39. The molecule has 0 saturated heterocycles. The lowest BCUT2D eigenvalue weighted by atomic mass is 10.3. The van der Waals surface area contributed by atoms with Gasteiger partial charge in [-0.2, -0.15) is 0 Å². The van der Waals surface area contributed by atoms with E-state index >= 15 is 0 Å². The molecule has 1 aromatic carbocycles. The highest BCUT2D eigenvalue weighted by atomic mass is 35.5. The Balaban J connectivity index is 1.84. The molecule has 116 valence electrons. The second-order valence-electron chi connectivity index (χ2n) is 4.46. The first kappa shape index (κ1) is 14.9. The lowest BCUT2D eigenvalue weighted by Crippen LogP contribution is -2.25. The number of benzene rings is 1. The number of aromatic nitrogens is 4. The number of nitrogens with one attached hydrogen (secondary N) is 1. The Bertz CT molecular complexity index is 891. The Morgan fingerprint density at radius 3 is 2.70 bits per heavy atom. The molecule has 0 radical (unpaired) electrons. The average molecular weight is 332 g/mol. The molecule has 23 heavy (non-hydrogen) atoms. The van der Waals surface area contributed by atoms with E-state index in [1.807, 2.05) is 0 Å². The molecule has 0 aliphatic heterocycles. The third-order valence-electron chi connectivity index (χ3n) is 2.90. The quantitative estimate of drug-likeness (QED) is 0.778. The molecule has 0 spiro atoms. The molecule has 0 fully saturated rings.